The number of anilines is 1. The summed E-state index contributed by atoms with van der Waals surface area (Å²) in [5, 5.41) is 12.8. The first kappa shape index (κ1) is 15.9. The molecule has 0 amide bonds. The molecule has 2 N–H and O–H groups in total. The Bertz CT molecular complexity index is 565. The van der Waals surface area contributed by atoms with Crippen LogP contribution >= 0.6 is 15.9 Å². The maximum atomic E-state index is 13.1. The smallest absolute Gasteiger partial charge is 0.125 e. The average molecular weight is 354 g/mol. The van der Waals surface area contributed by atoms with Crippen molar-refractivity contribution in [3.63, 3.8) is 0 Å². The molecule has 0 spiro atoms. The zero-order chi connectivity index (χ0) is 15.1. The van der Waals surface area contributed by atoms with Gasteiger partial charge < -0.3 is 15.2 Å². The molecule has 5 heteroatoms. The van der Waals surface area contributed by atoms with E-state index >= 15 is 0 Å². The van der Waals surface area contributed by atoms with E-state index in [0.29, 0.717) is 12.3 Å². The van der Waals surface area contributed by atoms with Crippen molar-refractivity contribution < 1.29 is 14.2 Å². The predicted molar refractivity (Wildman–Crippen MR) is 84.7 cm³/mol. The second-order valence-electron chi connectivity index (χ2n) is 4.66. The number of nitrogens with one attached hydrogen (secondary N) is 1. The molecule has 0 fully saturated rings. The lowest BCUT2D eigenvalue weighted by Crippen LogP contribution is -2.25. The largest absolute Gasteiger partial charge is 0.389 e. The number of aliphatic hydroxyl groups is 1. The molecule has 21 heavy (non-hydrogen) atoms. The van der Waals surface area contributed by atoms with Gasteiger partial charge in [0.05, 0.1) is 25.0 Å². The highest BCUT2D eigenvalue weighted by atomic mass is 79.9. The van der Waals surface area contributed by atoms with Crippen LogP contribution in [0.2, 0.25) is 0 Å². The lowest BCUT2D eigenvalue weighted by atomic mass is 10.2. The number of benzene rings is 2. The van der Waals surface area contributed by atoms with Gasteiger partial charge in [0.15, 0.2) is 0 Å². The number of halogens is 2. The molecule has 2 rings (SSSR count). The maximum absolute atomic E-state index is 13.1. The SMILES string of the molecule is O[C@H](CNc1cc(F)ccc1Br)COCc1ccccc1. The number of rotatable bonds is 7. The standard InChI is InChI=1S/C16H17BrFNO2/c17-15-7-6-13(18)8-16(15)19-9-14(20)11-21-10-12-4-2-1-3-5-12/h1-8,14,19-20H,9-11H2/t14-/m1/s1. The number of ether oxygens (including phenoxy) is 1. The van der Waals surface area contributed by atoms with E-state index in [-0.39, 0.29) is 19.0 Å². The summed E-state index contributed by atoms with van der Waals surface area (Å²) >= 11 is 3.32. The molecule has 0 aliphatic rings. The van der Waals surface area contributed by atoms with Crippen LogP contribution in [0.15, 0.2) is 53.0 Å². The van der Waals surface area contributed by atoms with Crippen molar-refractivity contribution in [1.82, 2.24) is 0 Å². The third-order valence-corrected chi connectivity index (χ3v) is 3.57. The Hall–Kier alpha value is -1.43. The molecule has 0 aliphatic carbocycles. The Kier molecular flexibility index (Phi) is 6.17. The van der Waals surface area contributed by atoms with Gasteiger partial charge in [0.2, 0.25) is 0 Å². The zero-order valence-corrected chi connectivity index (χ0v) is 13.0. The summed E-state index contributed by atoms with van der Waals surface area (Å²) in [5.74, 6) is -0.324. The van der Waals surface area contributed by atoms with Crippen molar-refractivity contribution >= 4 is 21.6 Å². The highest BCUT2D eigenvalue weighted by Crippen LogP contribution is 2.22. The molecule has 3 nitrogen and oxygen atoms in total. The third kappa shape index (κ3) is 5.46. The number of aliphatic hydroxyl groups excluding tert-OH is 1. The molecule has 0 bridgehead atoms. The van der Waals surface area contributed by atoms with Crippen molar-refractivity contribution in [3.05, 3.63) is 64.4 Å². The van der Waals surface area contributed by atoms with Crippen molar-refractivity contribution in [2.24, 2.45) is 0 Å². The molecule has 2 aromatic carbocycles. The fraction of sp³-hybridized carbons (Fsp3) is 0.250. The minimum absolute atomic E-state index is 0.217. The van der Waals surface area contributed by atoms with Crippen molar-refractivity contribution in [2.45, 2.75) is 12.7 Å². The molecular weight excluding hydrogens is 337 g/mol. The molecule has 112 valence electrons. The van der Waals surface area contributed by atoms with Crippen LogP contribution < -0.4 is 5.32 Å². The van der Waals surface area contributed by atoms with E-state index in [0.717, 1.165) is 10.0 Å². The molecule has 1 atom stereocenters. The number of hydrogen-bond acceptors (Lipinski definition) is 3. The zero-order valence-electron chi connectivity index (χ0n) is 11.4. The van der Waals surface area contributed by atoms with Crippen LogP contribution in [0.25, 0.3) is 0 Å². The van der Waals surface area contributed by atoms with Crippen LogP contribution in [0.5, 0.6) is 0 Å². The van der Waals surface area contributed by atoms with E-state index in [1.54, 1.807) is 6.07 Å². The summed E-state index contributed by atoms with van der Waals surface area (Å²) in [5.41, 5.74) is 1.67. The van der Waals surface area contributed by atoms with Crippen LogP contribution in [0.4, 0.5) is 10.1 Å². The van der Waals surface area contributed by atoms with Crippen molar-refractivity contribution in [1.29, 1.82) is 0 Å². The van der Waals surface area contributed by atoms with Gasteiger partial charge in [-0.1, -0.05) is 30.3 Å². The van der Waals surface area contributed by atoms with E-state index in [1.165, 1.54) is 12.1 Å². The van der Waals surface area contributed by atoms with Gasteiger partial charge in [-0.25, -0.2) is 4.39 Å². The molecule has 0 heterocycles. The summed E-state index contributed by atoms with van der Waals surface area (Å²) in [6.45, 7) is 0.966. The summed E-state index contributed by atoms with van der Waals surface area (Å²) in [4.78, 5) is 0. The summed E-state index contributed by atoms with van der Waals surface area (Å²) < 4.78 is 19.3. The first-order valence-corrected chi connectivity index (χ1v) is 7.43. The summed E-state index contributed by atoms with van der Waals surface area (Å²) in [6, 6.07) is 14.1. The third-order valence-electron chi connectivity index (χ3n) is 2.88. The molecule has 0 aromatic heterocycles. The molecule has 0 unspecified atom stereocenters. The first-order chi connectivity index (χ1) is 10.1. The van der Waals surface area contributed by atoms with Gasteiger partial charge in [0.1, 0.15) is 5.82 Å². The Morgan fingerprint density at radius 3 is 2.71 bits per heavy atom. The van der Waals surface area contributed by atoms with Gasteiger partial charge in [-0.2, -0.15) is 0 Å². The summed E-state index contributed by atoms with van der Waals surface area (Å²) in [7, 11) is 0. The molecule has 0 saturated carbocycles. The van der Waals surface area contributed by atoms with Crippen molar-refractivity contribution in [3.8, 4) is 0 Å². The maximum Gasteiger partial charge on any atom is 0.125 e. The highest BCUT2D eigenvalue weighted by Gasteiger charge is 2.07. The number of hydrogen-bond donors (Lipinski definition) is 2. The second kappa shape index (κ2) is 8.12. The van der Waals surface area contributed by atoms with Gasteiger partial charge in [-0.05, 0) is 39.7 Å². The van der Waals surface area contributed by atoms with Gasteiger partial charge in [-0.3, -0.25) is 0 Å². The molecule has 0 aliphatic heterocycles. The van der Waals surface area contributed by atoms with Crippen molar-refractivity contribution in [2.75, 3.05) is 18.5 Å². The quantitative estimate of drug-likeness (QED) is 0.799. The van der Waals surface area contributed by atoms with E-state index < -0.39 is 6.10 Å². The highest BCUT2D eigenvalue weighted by molar-refractivity contribution is 9.10. The molecule has 0 saturated heterocycles. The average Bonchev–Trinajstić information content (AvgIpc) is 2.49. The van der Waals surface area contributed by atoms with E-state index in [1.807, 2.05) is 30.3 Å². The van der Waals surface area contributed by atoms with Crippen LogP contribution in [0.1, 0.15) is 5.56 Å². The second-order valence-corrected chi connectivity index (χ2v) is 5.51. The topological polar surface area (TPSA) is 41.5 Å². The minimum atomic E-state index is -0.663. The fourth-order valence-electron chi connectivity index (χ4n) is 1.81. The predicted octanol–water partition coefficient (Wildman–Crippen LogP) is 3.58. The van der Waals surface area contributed by atoms with Gasteiger partial charge in [0, 0.05) is 11.0 Å². The molecule has 0 radical (unpaired) electrons. The Balaban J connectivity index is 1.72. The minimum Gasteiger partial charge on any atom is -0.389 e. The van der Waals surface area contributed by atoms with Gasteiger partial charge in [0.25, 0.3) is 0 Å². The van der Waals surface area contributed by atoms with Crippen LogP contribution in [0, 0.1) is 5.82 Å². The van der Waals surface area contributed by atoms with E-state index in [2.05, 4.69) is 21.2 Å². The van der Waals surface area contributed by atoms with Crippen LogP contribution in [-0.2, 0) is 11.3 Å². The Labute approximate surface area is 131 Å². The Morgan fingerprint density at radius 1 is 1.19 bits per heavy atom. The van der Waals surface area contributed by atoms with Gasteiger partial charge in [-0.15, -0.1) is 0 Å². The van der Waals surface area contributed by atoms with Gasteiger partial charge >= 0.3 is 0 Å². The van der Waals surface area contributed by atoms with Crippen LogP contribution in [0.3, 0.4) is 0 Å². The van der Waals surface area contributed by atoms with Crippen LogP contribution in [-0.4, -0.2) is 24.4 Å². The normalized spacial score (nSPS) is 12.1. The van der Waals surface area contributed by atoms with E-state index in [9.17, 15) is 9.50 Å². The lowest BCUT2D eigenvalue weighted by molar-refractivity contribution is 0.0348. The fourth-order valence-corrected chi connectivity index (χ4v) is 2.19. The lowest BCUT2D eigenvalue weighted by Gasteiger charge is -2.14. The molecular formula is C16H17BrFNO2. The molecule has 2 aromatic rings. The first-order valence-electron chi connectivity index (χ1n) is 6.64. The summed E-state index contributed by atoms with van der Waals surface area (Å²) in [6.07, 6.45) is -0.663. The monoisotopic (exact) mass is 353 g/mol. The van der Waals surface area contributed by atoms with E-state index in [4.69, 9.17) is 4.74 Å². The Morgan fingerprint density at radius 2 is 1.95 bits per heavy atom.